The number of hydrogen-bond acceptors (Lipinski definition) is 4. The molecule has 112 valence electrons. The lowest BCUT2D eigenvalue weighted by Gasteiger charge is -2.31. The van der Waals surface area contributed by atoms with Gasteiger partial charge in [0.25, 0.3) is 0 Å². The Labute approximate surface area is 130 Å². The minimum absolute atomic E-state index is 0.125. The van der Waals surface area contributed by atoms with Gasteiger partial charge in [-0.25, -0.2) is 4.98 Å². The summed E-state index contributed by atoms with van der Waals surface area (Å²) in [6.45, 7) is 6.49. The van der Waals surface area contributed by atoms with Gasteiger partial charge in [-0.1, -0.05) is 37.3 Å². The molecule has 0 radical (unpaired) electrons. The van der Waals surface area contributed by atoms with Crippen molar-refractivity contribution in [2.75, 3.05) is 11.9 Å². The molecule has 21 heavy (non-hydrogen) atoms. The molecule has 3 rings (SSSR count). The number of aliphatic hydroxyl groups is 1. The van der Waals surface area contributed by atoms with E-state index in [1.165, 1.54) is 5.56 Å². The van der Waals surface area contributed by atoms with E-state index in [2.05, 4.69) is 49.9 Å². The molecule has 1 atom stereocenters. The largest absolute Gasteiger partial charge is 0.387 e. The van der Waals surface area contributed by atoms with E-state index in [-0.39, 0.29) is 11.5 Å². The van der Waals surface area contributed by atoms with Crippen molar-refractivity contribution in [3.63, 3.8) is 0 Å². The molecule has 0 saturated carbocycles. The maximum Gasteiger partial charge on any atom is 0.190 e. The summed E-state index contributed by atoms with van der Waals surface area (Å²) >= 11 is 1.62. The standard InChI is InChI=1S/C17H22N2OS/c1-11-6-5-7-12(8-11)19(4)16-18-13-9-17(2,3)10-14(20)15(13)21-16/h5-8,14,20H,9-10H2,1-4H3. The third kappa shape index (κ3) is 2.83. The number of aromatic nitrogens is 1. The molecular formula is C17H22N2OS. The van der Waals surface area contributed by atoms with E-state index in [9.17, 15) is 5.11 Å². The number of aliphatic hydroxyl groups excluding tert-OH is 1. The van der Waals surface area contributed by atoms with Gasteiger partial charge in [0, 0.05) is 12.7 Å². The fourth-order valence-electron chi connectivity index (χ4n) is 2.97. The first-order chi connectivity index (χ1) is 9.85. The van der Waals surface area contributed by atoms with E-state index in [1.54, 1.807) is 11.3 Å². The van der Waals surface area contributed by atoms with Crippen molar-refractivity contribution in [1.29, 1.82) is 0 Å². The highest BCUT2D eigenvalue weighted by Gasteiger charge is 2.34. The summed E-state index contributed by atoms with van der Waals surface area (Å²) in [6, 6.07) is 8.40. The second-order valence-corrected chi connectivity index (χ2v) is 7.78. The lowest BCUT2D eigenvalue weighted by molar-refractivity contribution is 0.102. The zero-order valence-corrected chi connectivity index (χ0v) is 13.9. The summed E-state index contributed by atoms with van der Waals surface area (Å²) in [5.41, 5.74) is 3.56. The SMILES string of the molecule is Cc1cccc(N(C)c2nc3c(s2)C(O)CC(C)(C)C3)c1. The molecule has 0 spiro atoms. The van der Waals surface area contributed by atoms with Gasteiger partial charge in [0.1, 0.15) is 0 Å². The van der Waals surface area contributed by atoms with Gasteiger partial charge in [0.2, 0.25) is 0 Å². The molecule has 0 bridgehead atoms. The molecule has 1 aliphatic rings. The number of nitrogens with zero attached hydrogens (tertiary/aromatic N) is 2. The molecular weight excluding hydrogens is 280 g/mol. The Hall–Kier alpha value is -1.39. The Kier molecular flexibility index (Phi) is 3.54. The molecule has 4 heteroatoms. The van der Waals surface area contributed by atoms with Crippen molar-refractivity contribution in [2.24, 2.45) is 5.41 Å². The van der Waals surface area contributed by atoms with Crippen molar-refractivity contribution in [3.8, 4) is 0 Å². The van der Waals surface area contributed by atoms with Crippen LogP contribution in [0.2, 0.25) is 0 Å². The van der Waals surface area contributed by atoms with Gasteiger partial charge in [-0.3, -0.25) is 0 Å². The van der Waals surface area contributed by atoms with Crippen LogP contribution >= 0.6 is 11.3 Å². The Bertz CT molecular complexity index is 663. The molecule has 1 N–H and O–H groups in total. The highest BCUT2D eigenvalue weighted by molar-refractivity contribution is 7.15. The van der Waals surface area contributed by atoms with Crippen LogP contribution in [0, 0.1) is 12.3 Å². The van der Waals surface area contributed by atoms with Gasteiger partial charge in [-0.05, 0) is 42.9 Å². The summed E-state index contributed by atoms with van der Waals surface area (Å²) in [7, 11) is 2.04. The van der Waals surface area contributed by atoms with Crippen molar-refractivity contribution in [3.05, 3.63) is 40.4 Å². The maximum absolute atomic E-state index is 10.4. The van der Waals surface area contributed by atoms with Crippen LogP contribution in [0.3, 0.4) is 0 Å². The molecule has 0 aliphatic heterocycles. The van der Waals surface area contributed by atoms with E-state index in [4.69, 9.17) is 4.98 Å². The van der Waals surface area contributed by atoms with Crippen LogP contribution in [-0.2, 0) is 6.42 Å². The average Bonchev–Trinajstić information content (AvgIpc) is 2.80. The first-order valence-corrected chi connectivity index (χ1v) is 8.15. The predicted octanol–water partition coefficient (Wildman–Crippen LogP) is 4.23. The van der Waals surface area contributed by atoms with Gasteiger partial charge in [-0.15, -0.1) is 0 Å². The topological polar surface area (TPSA) is 36.4 Å². The predicted molar refractivity (Wildman–Crippen MR) is 88.4 cm³/mol. The van der Waals surface area contributed by atoms with E-state index in [0.717, 1.165) is 34.2 Å². The third-order valence-corrected chi connectivity index (χ3v) is 5.36. The Balaban J connectivity index is 1.95. The molecule has 0 amide bonds. The number of rotatable bonds is 2. The molecule has 1 aromatic heterocycles. The smallest absolute Gasteiger partial charge is 0.190 e. The van der Waals surface area contributed by atoms with Crippen molar-refractivity contribution < 1.29 is 5.11 Å². The third-order valence-electron chi connectivity index (χ3n) is 4.09. The van der Waals surface area contributed by atoms with Crippen molar-refractivity contribution in [1.82, 2.24) is 4.98 Å². The normalized spacial score (nSPS) is 20.1. The van der Waals surface area contributed by atoms with E-state index in [0.29, 0.717) is 0 Å². The quantitative estimate of drug-likeness (QED) is 0.902. The lowest BCUT2D eigenvalue weighted by atomic mass is 9.77. The van der Waals surface area contributed by atoms with E-state index < -0.39 is 0 Å². The molecule has 0 fully saturated rings. The molecule has 3 nitrogen and oxygen atoms in total. The fraction of sp³-hybridized carbons (Fsp3) is 0.471. The zero-order valence-electron chi connectivity index (χ0n) is 13.1. The minimum Gasteiger partial charge on any atom is -0.387 e. The highest BCUT2D eigenvalue weighted by Crippen LogP contribution is 2.45. The molecule has 2 aromatic rings. The molecule has 1 aromatic carbocycles. The number of anilines is 2. The van der Waals surface area contributed by atoms with Gasteiger partial charge >= 0.3 is 0 Å². The molecule has 1 aliphatic carbocycles. The maximum atomic E-state index is 10.4. The fourth-order valence-corrected chi connectivity index (χ4v) is 4.02. The van der Waals surface area contributed by atoms with Crippen LogP contribution in [0.1, 0.15) is 42.5 Å². The van der Waals surface area contributed by atoms with E-state index >= 15 is 0 Å². The van der Waals surface area contributed by atoms with Crippen LogP contribution in [0.5, 0.6) is 0 Å². The lowest BCUT2D eigenvalue weighted by Crippen LogP contribution is -2.24. The summed E-state index contributed by atoms with van der Waals surface area (Å²) < 4.78 is 0. The number of fused-ring (bicyclic) bond motifs is 1. The van der Waals surface area contributed by atoms with Gasteiger partial charge in [0.15, 0.2) is 5.13 Å². The van der Waals surface area contributed by atoms with Crippen LogP contribution < -0.4 is 4.90 Å². The van der Waals surface area contributed by atoms with Crippen LogP contribution in [0.4, 0.5) is 10.8 Å². The summed E-state index contributed by atoms with van der Waals surface area (Å²) in [6.07, 6.45) is 1.38. The van der Waals surface area contributed by atoms with Gasteiger partial charge < -0.3 is 10.0 Å². The average molecular weight is 302 g/mol. The highest BCUT2D eigenvalue weighted by atomic mass is 32.1. The van der Waals surface area contributed by atoms with Crippen LogP contribution in [0.25, 0.3) is 0 Å². The van der Waals surface area contributed by atoms with Crippen LogP contribution in [0.15, 0.2) is 24.3 Å². The molecule has 1 unspecified atom stereocenters. The summed E-state index contributed by atoms with van der Waals surface area (Å²) in [5.74, 6) is 0. The number of hydrogen-bond donors (Lipinski definition) is 1. The Morgan fingerprint density at radius 2 is 2.14 bits per heavy atom. The second kappa shape index (κ2) is 5.11. The first-order valence-electron chi connectivity index (χ1n) is 7.34. The Morgan fingerprint density at radius 1 is 1.38 bits per heavy atom. The van der Waals surface area contributed by atoms with E-state index in [1.807, 2.05) is 7.05 Å². The minimum atomic E-state index is -0.374. The molecule has 0 saturated heterocycles. The number of thiazole rings is 1. The van der Waals surface area contributed by atoms with Crippen molar-refractivity contribution >= 4 is 22.2 Å². The van der Waals surface area contributed by atoms with Crippen molar-refractivity contribution in [2.45, 2.75) is 39.7 Å². The molecule has 1 heterocycles. The monoisotopic (exact) mass is 302 g/mol. The van der Waals surface area contributed by atoms with Gasteiger partial charge in [0.05, 0.1) is 16.7 Å². The number of aryl methyl sites for hydroxylation is 1. The zero-order chi connectivity index (χ0) is 15.2. The first kappa shape index (κ1) is 14.5. The van der Waals surface area contributed by atoms with Crippen LogP contribution in [-0.4, -0.2) is 17.1 Å². The summed E-state index contributed by atoms with van der Waals surface area (Å²) in [4.78, 5) is 7.94. The Morgan fingerprint density at radius 3 is 2.86 bits per heavy atom. The van der Waals surface area contributed by atoms with Gasteiger partial charge in [-0.2, -0.15) is 0 Å². The summed E-state index contributed by atoms with van der Waals surface area (Å²) in [5, 5.41) is 11.3. The second-order valence-electron chi connectivity index (χ2n) is 6.77. The number of benzene rings is 1.